The van der Waals surface area contributed by atoms with Crippen LogP contribution in [-0.2, 0) is 11.2 Å². The van der Waals surface area contributed by atoms with E-state index in [0.717, 1.165) is 10.4 Å². The molecule has 0 bridgehead atoms. The van der Waals surface area contributed by atoms with Crippen LogP contribution in [0.2, 0.25) is 0 Å². The summed E-state index contributed by atoms with van der Waals surface area (Å²) >= 11 is 5.80. The van der Waals surface area contributed by atoms with Crippen molar-refractivity contribution in [2.24, 2.45) is 0 Å². The Morgan fingerprint density at radius 2 is 2.17 bits per heavy atom. The lowest BCUT2D eigenvalue weighted by Gasteiger charge is -2.09. The third-order valence-electron chi connectivity index (χ3n) is 2.43. The SMILES string of the molecule is Cc1cnc(NC(=O)C(S)Cc2ccccc2)s1. The Morgan fingerprint density at radius 3 is 2.78 bits per heavy atom. The van der Waals surface area contributed by atoms with Gasteiger partial charge in [-0.15, -0.1) is 11.3 Å². The molecule has 0 aliphatic heterocycles. The molecule has 1 amide bonds. The summed E-state index contributed by atoms with van der Waals surface area (Å²) in [5.41, 5.74) is 1.10. The number of thiol groups is 1. The number of aryl methyl sites for hydroxylation is 1. The molecular weight excluding hydrogens is 264 g/mol. The van der Waals surface area contributed by atoms with E-state index in [0.29, 0.717) is 11.6 Å². The highest BCUT2D eigenvalue weighted by atomic mass is 32.1. The fourth-order valence-electron chi connectivity index (χ4n) is 1.53. The van der Waals surface area contributed by atoms with Crippen LogP contribution in [0.25, 0.3) is 0 Å². The summed E-state index contributed by atoms with van der Waals surface area (Å²) in [6, 6.07) is 9.85. The molecule has 1 N–H and O–H groups in total. The van der Waals surface area contributed by atoms with E-state index < -0.39 is 0 Å². The van der Waals surface area contributed by atoms with Crippen LogP contribution in [0, 0.1) is 6.92 Å². The number of benzene rings is 1. The van der Waals surface area contributed by atoms with E-state index in [-0.39, 0.29) is 11.2 Å². The van der Waals surface area contributed by atoms with Gasteiger partial charge in [-0.2, -0.15) is 12.6 Å². The third kappa shape index (κ3) is 3.58. The minimum atomic E-state index is -0.364. The van der Waals surface area contributed by atoms with Crippen LogP contribution in [0.15, 0.2) is 36.5 Å². The van der Waals surface area contributed by atoms with E-state index in [1.165, 1.54) is 11.3 Å². The first kappa shape index (κ1) is 13.1. The highest BCUT2D eigenvalue weighted by Gasteiger charge is 2.15. The van der Waals surface area contributed by atoms with E-state index in [1.807, 2.05) is 37.3 Å². The Morgan fingerprint density at radius 1 is 1.44 bits per heavy atom. The largest absolute Gasteiger partial charge is 0.301 e. The Bertz CT molecular complexity index is 525. The smallest absolute Gasteiger partial charge is 0.239 e. The van der Waals surface area contributed by atoms with Crippen molar-refractivity contribution in [3.63, 3.8) is 0 Å². The van der Waals surface area contributed by atoms with Crippen molar-refractivity contribution in [2.75, 3.05) is 5.32 Å². The monoisotopic (exact) mass is 278 g/mol. The number of hydrogen-bond acceptors (Lipinski definition) is 4. The van der Waals surface area contributed by atoms with Crippen molar-refractivity contribution < 1.29 is 4.79 Å². The molecule has 94 valence electrons. The third-order valence-corrected chi connectivity index (χ3v) is 3.67. The van der Waals surface area contributed by atoms with Crippen LogP contribution in [0.1, 0.15) is 10.4 Å². The molecule has 0 spiro atoms. The summed E-state index contributed by atoms with van der Waals surface area (Å²) in [4.78, 5) is 17.1. The normalized spacial score (nSPS) is 12.1. The standard InChI is InChI=1S/C13H14N2OS2/c1-9-8-14-13(18-9)15-12(16)11(17)7-10-5-3-2-4-6-10/h2-6,8,11,17H,7H2,1H3,(H,14,15,16). The van der Waals surface area contributed by atoms with E-state index in [1.54, 1.807) is 6.20 Å². The topological polar surface area (TPSA) is 42.0 Å². The summed E-state index contributed by atoms with van der Waals surface area (Å²) in [5.74, 6) is -0.114. The average molecular weight is 278 g/mol. The first-order valence-corrected chi connectivity index (χ1v) is 6.94. The van der Waals surface area contributed by atoms with Gasteiger partial charge in [0.25, 0.3) is 0 Å². The zero-order chi connectivity index (χ0) is 13.0. The van der Waals surface area contributed by atoms with Gasteiger partial charge in [0.1, 0.15) is 0 Å². The number of thiazole rings is 1. The van der Waals surface area contributed by atoms with Gasteiger partial charge in [-0.25, -0.2) is 4.98 Å². The molecule has 0 saturated heterocycles. The van der Waals surface area contributed by atoms with Gasteiger partial charge in [0.2, 0.25) is 5.91 Å². The molecule has 1 aromatic carbocycles. The van der Waals surface area contributed by atoms with Gasteiger partial charge in [-0.3, -0.25) is 4.79 Å². The van der Waals surface area contributed by atoms with Gasteiger partial charge in [0.05, 0.1) is 5.25 Å². The van der Waals surface area contributed by atoms with E-state index in [9.17, 15) is 4.79 Å². The van der Waals surface area contributed by atoms with Crippen LogP contribution in [-0.4, -0.2) is 16.1 Å². The molecule has 1 unspecified atom stereocenters. The molecule has 0 radical (unpaired) electrons. The van der Waals surface area contributed by atoms with Gasteiger partial charge in [0, 0.05) is 11.1 Å². The molecule has 18 heavy (non-hydrogen) atoms. The minimum absolute atomic E-state index is 0.114. The Kier molecular flexibility index (Phi) is 4.38. The predicted octanol–water partition coefficient (Wildman–Crippen LogP) is 2.93. The molecule has 2 rings (SSSR count). The maximum absolute atomic E-state index is 11.9. The summed E-state index contributed by atoms with van der Waals surface area (Å²) in [6.07, 6.45) is 2.35. The second-order valence-corrected chi connectivity index (χ2v) is 5.83. The number of carbonyl (C=O) groups is 1. The number of carbonyl (C=O) groups excluding carboxylic acids is 1. The number of rotatable bonds is 4. The van der Waals surface area contributed by atoms with E-state index in [2.05, 4.69) is 22.9 Å². The van der Waals surface area contributed by atoms with Crippen molar-refractivity contribution >= 4 is 35.0 Å². The van der Waals surface area contributed by atoms with Crippen LogP contribution < -0.4 is 5.32 Å². The minimum Gasteiger partial charge on any atom is -0.301 e. The van der Waals surface area contributed by atoms with Gasteiger partial charge >= 0.3 is 0 Å². The summed E-state index contributed by atoms with van der Waals surface area (Å²) in [6.45, 7) is 1.95. The lowest BCUT2D eigenvalue weighted by Crippen LogP contribution is -2.25. The molecule has 2 aromatic rings. The molecular formula is C13H14N2OS2. The number of anilines is 1. The van der Waals surface area contributed by atoms with Crippen molar-refractivity contribution in [3.8, 4) is 0 Å². The lowest BCUT2D eigenvalue weighted by atomic mass is 10.1. The highest BCUT2D eigenvalue weighted by molar-refractivity contribution is 7.81. The molecule has 3 nitrogen and oxygen atoms in total. The van der Waals surface area contributed by atoms with Crippen molar-refractivity contribution in [1.29, 1.82) is 0 Å². The number of nitrogens with one attached hydrogen (secondary N) is 1. The van der Waals surface area contributed by atoms with E-state index in [4.69, 9.17) is 0 Å². The van der Waals surface area contributed by atoms with Crippen molar-refractivity contribution in [1.82, 2.24) is 4.98 Å². The molecule has 0 aliphatic carbocycles. The summed E-state index contributed by atoms with van der Waals surface area (Å²) in [7, 11) is 0. The summed E-state index contributed by atoms with van der Waals surface area (Å²) < 4.78 is 0. The Balaban J connectivity index is 1.93. The molecule has 1 atom stereocenters. The molecule has 5 heteroatoms. The van der Waals surface area contributed by atoms with Crippen LogP contribution >= 0.6 is 24.0 Å². The molecule has 1 heterocycles. The number of hydrogen-bond donors (Lipinski definition) is 2. The van der Waals surface area contributed by atoms with Crippen LogP contribution in [0.5, 0.6) is 0 Å². The van der Waals surface area contributed by atoms with Gasteiger partial charge < -0.3 is 5.32 Å². The zero-order valence-electron chi connectivity index (χ0n) is 9.96. The fourth-order valence-corrected chi connectivity index (χ4v) is 2.47. The summed E-state index contributed by atoms with van der Waals surface area (Å²) in [5, 5.41) is 3.04. The Hall–Kier alpha value is -1.33. The molecule has 0 saturated carbocycles. The second-order valence-electron chi connectivity index (χ2n) is 3.97. The second kappa shape index (κ2) is 6.02. The highest BCUT2D eigenvalue weighted by Crippen LogP contribution is 2.18. The van der Waals surface area contributed by atoms with E-state index >= 15 is 0 Å². The number of aromatic nitrogens is 1. The van der Waals surface area contributed by atoms with Gasteiger partial charge in [-0.05, 0) is 18.9 Å². The molecule has 0 aliphatic rings. The van der Waals surface area contributed by atoms with Crippen LogP contribution in [0.4, 0.5) is 5.13 Å². The van der Waals surface area contributed by atoms with Gasteiger partial charge in [0.15, 0.2) is 5.13 Å². The maximum Gasteiger partial charge on any atom is 0.239 e. The van der Waals surface area contributed by atoms with Gasteiger partial charge in [-0.1, -0.05) is 30.3 Å². The predicted molar refractivity (Wildman–Crippen MR) is 78.4 cm³/mol. The maximum atomic E-state index is 11.9. The average Bonchev–Trinajstić information content (AvgIpc) is 2.76. The van der Waals surface area contributed by atoms with Crippen molar-refractivity contribution in [2.45, 2.75) is 18.6 Å². The Labute approximate surface area is 116 Å². The first-order valence-electron chi connectivity index (χ1n) is 5.60. The lowest BCUT2D eigenvalue weighted by molar-refractivity contribution is -0.115. The number of amides is 1. The van der Waals surface area contributed by atoms with Crippen molar-refractivity contribution in [3.05, 3.63) is 47.0 Å². The molecule has 0 fully saturated rings. The number of nitrogens with zero attached hydrogens (tertiary/aromatic N) is 1. The zero-order valence-corrected chi connectivity index (χ0v) is 11.7. The molecule has 1 aromatic heterocycles. The fraction of sp³-hybridized carbons (Fsp3) is 0.231. The quantitative estimate of drug-likeness (QED) is 0.844. The first-order chi connectivity index (χ1) is 8.65. The van der Waals surface area contributed by atoms with Crippen LogP contribution in [0.3, 0.4) is 0 Å².